The number of hydrogen-bond donors (Lipinski definition) is 1. The van der Waals surface area contributed by atoms with Crippen LogP contribution in [0.1, 0.15) is 6.42 Å². The van der Waals surface area contributed by atoms with Crippen LogP contribution in [-0.4, -0.2) is 39.3 Å². The van der Waals surface area contributed by atoms with Crippen molar-refractivity contribution in [1.82, 2.24) is 20.2 Å². The average molecular weight is 259 g/mol. The molecule has 0 saturated carbocycles. The molecule has 1 N–H and O–H groups in total. The highest BCUT2D eigenvalue weighted by atomic mass is 16.5. The van der Waals surface area contributed by atoms with Crippen LogP contribution in [-0.2, 0) is 9.53 Å². The number of carbonyl (C=O) groups excluding carboxylic acids is 1. The van der Waals surface area contributed by atoms with Gasteiger partial charge in [-0.1, -0.05) is 12.1 Å². The van der Waals surface area contributed by atoms with Crippen LogP contribution in [0.5, 0.6) is 0 Å². The van der Waals surface area contributed by atoms with Gasteiger partial charge in [0.1, 0.15) is 6.33 Å². The Morgan fingerprint density at radius 3 is 3.05 bits per heavy atom. The number of carbonyl (C=O) groups is 1. The van der Waals surface area contributed by atoms with Gasteiger partial charge in [-0.25, -0.2) is 0 Å². The van der Waals surface area contributed by atoms with Gasteiger partial charge in [-0.15, -0.1) is 5.10 Å². The lowest BCUT2D eigenvalue weighted by molar-refractivity contribution is -0.119. The Hall–Kier alpha value is -2.28. The first-order chi connectivity index (χ1) is 9.34. The summed E-state index contributed by atoms with van der Waals surface area (Å²) in [7, 11) is 0. The summed E-state index contributed by atoms with van der Waals surface area (Å²) in [4.78, 5) is 12.1. The maximum Gasteiger partial charge on any atom is 0.229 e. The first-order valence-electron chi connectivity index (χ1n) is 6.05. The molecule has 0 radical (unpaired) electrons. The van der Waals surface area contributed by atoms with Crippen LogP contribution >= 0.6 is 0 Å². The third-order valence-corrected chi connectivity index (χ3v) is 3.06. The number of rotatable bonds is 3. The minimum Gasteiger partial charge on any atom is -0.381 e. The summed E-state index contributed by atoms with van der Waals surface area (Å²) in [5.41, 5.74) is 1.42. The molecule has 98 valence electrons. The summed E-state index contributed by atoms with van der Waals surface area (Å²) in [5, 5.41) is 13.9. The summed E-state index contributed by atoms with van der Waals surface area (Å²) in [5.74, 6) is -0.111. The molecule has 7 heteroatoms. The molecular formula is C12H13N5O2. The molecule has 0 spiro atoms. The van der Waals surface area contributed by atoms with E-state index in [1.807, 2.05) is 24.3 Å². The molecule has 3 rings (SSSR count). The van der Waals surface area contributed by atoms with Crippen molar-refractivity contribution < 1.29 is 9.53 Å². The second kappa shape index (κ2) is 5.15. The van der Waals surface area contributed by atoms with Gasteiger partial charge in [-0.2, -0.15) is 4.68 Å². The third kappa shape index (κ3) is 2.45. The number of benzene rings is 1. The smallest absolute Gasteiger partial charge is 0.229 e. The largest absolute Gasteiger partial charge is 0.381 e. The van der Waals surface area contributed by atoms with E-state index in [4.69, 9.17) is 4.74 Å². The van der Waals surface area contributed by atoms with Crippen molar-refractivity contribution in [3.63, 3.8) is 0 Å². The molecule has 1 aliphatic heterocycles. The van der Waals surface area contributed by atoms with Crippen LogP contribution in [0.15, 0.2) is 30.6 Å². The molecule has 1 aromatic heterocycles. The van der Waals surface area contributed by atoms with Crippen molar-refractivity contribution in [3.8, 4) is 5.69 Å². The van der Waals surface area contributed by atoms with Gasteiger partial charge in [-0.05, 0) is 29.0 Å². The Morgan fingerprint density at radius 2 is 2.32 bits per heavy atom. The van der Waals surface area contributed by atoms with E-state index in [0.717, 1.165) is 12.1 Å². The number of para-hydroxylation sites is 2. The minimum absolute atomic E-state index is 0.0296. The summed E-state index contributed by atoms with van der Waals surface area (Å²) in [6, 6.07) is 7.39. The zero-order chi connectivity index (χ0) is 13.1. The third-order valence-electron chi connectivity index (χ3n) is 3.06. The van der Waals surface area contributed by atoms with Gasteiger partial charge in [0, 0.05) is 6.61 Å². The van der Waals surface area contributed by atoms with E-state index < -0.39 is 0 Å². The Balaban J connectivity index is 1.83. The molecule has 0 bridgehead atoms. The fourth-order valence-electron chi connectivity index (χ4n) is 2.03. The van der Waals surface area contributed by atoms with Crippen molar-refractivity contribution in [2.75, 3.05) is 18.5 Å². The van der Waals surface area contributed by atoms with Crippen LogP contribution < -0.4 is 5.32 Å². The van der Waals surface area contributed by atoms with E-state index in [2.05, 4.69) is 20.8 Å². The Kier molecular flexibility index (Phi) is 3.20. The van der Waals surface area contributed by atoms with Crippen molar-refractivity contribution >= 4 is 11.6 Å². The quantitative estimate of drug-likeness (QED) is 0.874. The van der Waals surface area contributed by atoms with E-state index in [1.54, 1.807) is 0 Å². The van der Waals surface area contributed by atoms with Gasteiger partial charge in [-0.3, -0.25) is 4.79 Å². The van der Waals surface area contributed by atoms with E-state index in [1.165, 1.54) is 11.0 Å². The highest BCUT2D eigenvalue weighted by Crippen LogP contribution is 2.21. The van der Waals surface area contributed by atoms with Crippen LogP contribution in [0.4, 0.5) is 5.69 Å². The normalized spacial score (nSPS) is 18.4. The number of anilines is 1. The second-order valence-electron chi connectivity index (χ2n) is 4.32. The number of tetrazole rings is 1. The van der Waals surface area contributed by atoms with Crippen LogP contribution in [0.25, 0.3) is 5.69 Å². The maximum atomic E-state index is 12.1. The van der Waals surface area contributed by atoms with Crippen molar-refractivity contribution in [3.05, 3.63) is 30.6 Å². The summed E-state index contributed by atoms with van der Waals surface area (Å²) in [6.45, 7) is 1.13. The lowest BCUT2D eigenvalue weighted by Gasteiger charge is -2.12. The number of amides is 1. The number of nitrogens with one attached hydrogen (secondary N) is 1. The zero-order valence-electron chi connectivity index (χ0n) is 10.2. The predicted octanol–water partition coefficient (Wildman–Crippen LogP) is 0.637. The van der Waals surface area contributed by atoms with Crippen LogP contribution in [0.3, 0.4) is 0 Å². The highest BCUT2D eigenvalue weighted by Gasteiger charge is 2.24. The van der Waals surface area contributed by atoms with Gasteiger partial charge < -0.3 is 10.1 Å². The second-order valence-corrected chi connectivity index (χ2v) is 4.32. The fourth-order valence-corrected chi connectivity index (χ4v) is 2.03. The molecule has 7 nitrogen and oxygen atoms in total. The lowest BCUT2D eigenvalue weighted by atomic mass is 10.1. The number of ether oxygens (including phenoxy) is 1. The summed E-state index contributed by atoms with van der Waals surface area (Å²) in [6.07, 6.45) is 2.25. The Morgan fingerprint density at radius 1 is 1.42 bits per heavy atom. The molecule has 1 saturated heterocycles. The zero-order valence-corrected chi connectivity index (χ0v) is 10.2. The highest BCUT2D eigenvalue weighted by molar-refractivity contribution is 5.94. The van der Waals surface area contributed by atoms with Gasteiger partial charge >= 0.3 is 0 Å². The topological polar surface area (TPSA) is 81.9 Å². The average Bonchev–Trinajstić information content (AvgIpc) is 3.13. The molecule has 1 amide bonds. The van der Waals surface area contributed by atoms with Gasteiger partial charge in [0.2, 0.25) is 5.91 Å². The molecule has 1 unspecified atom stereocenters. The van der Waals surface area contributed by atoms with Gasteiger partial charge in [0.15, 0.2) is 0 Å². The number of hydrogen-bond acceptors (Lipinski definition) is 5. The molecule has 2 aromatic rings. The number of aromatic nitrogens is 4. The van der Waals surface area contributed by atoms with E-state index >= 15 is 0 Å². The molecule has 1 atom stereocenters. The molecule has 19 heavy (non-hydrogen) atoms. The van der Waals surface area contributed by atoms with Crippen molar-refractivity contribution in [2.45, 2.75) is 6.42 Å². The lowest BCUT2D eigenvalue weighted by Crippen LogP contribution is -2.23. The molecule has 1 aliphatic rings. The summed E-state index contributed by atoms with van der Waals surface area (Å²) >= 11 is 0. The first-order valence-corrected chi connectivity index (χ1v) is 6.05. The van der Waals surface area contributed by atoms with E-state index in [9.17, 15) is 4.79 Å². The van der Waals surface area contributed by atoms with Crippen LogP contribution in [0.2, 0.25) is 0 Å². The van der Waals surface area contributed by atoms with Crippen molar-refractivity contribution in [2.24, 2.45) is 5.92 Å². The first kappa shape index (κ1) is 11.8. The molecule has 0 aliphatic carbocycles. The maximum absolute atomic E-state index is 12.1. The Bertz CT molecular complexity index is 563. The molecular weight excluding hydrogens is 246 g/mol. The van der Waals surface area contributed by atoms with Gasteiger partial charge in [0.25, 0.3) is 0 Å². The van der Waals surface area contributed by atoms with Crippen LogP contribution in [0, 0.1) is 5.92 Å². The number of nitrogens with zero attached hydrogens (tertiary/aromatic N) is 4. The summed E-state index contributed by atoms with van der Waals surface area (Å²) < 4.78 is 6.73. The monoisotopic (exact) mass is 259 g/mol. The van der Waals surface area contributed by atoms with E-state index in [0.29, 0.717) is 18.9 Å². The minimum atomic E-state index is -0.0815. The van der Waals surface area contributed by atoms with E-state index in [-0.39, 0.29) is 11.8 Å². The fraction of sp³-hybridized carbons (Fsp3) is 0.333. The predicted molar refractivity (Wildman–Crippen MR) is 66.7 cm³/mol. The van der Waals surface area contributed by atoms with Gasteiger partial charge in [0.05, 0.1) is 23.9 Å². The molecule has 1 fully saturated rings. The molecule has 2 heterocycles. The SMILES string of the molecule is O=C(Nc1ccccc1-n1cnnn1)C1CCOC1. The standard InChI is InChI=1S/C12H13N5O2/c18-12(9-5-6-19-7-9)14-10-3-1-2-4-11(10)17-8-13-15-16-17/h1-4,8-9H,5-7H2,(H,14,18). The molecule has 1 aromatic carbocycles. The van der Waals surface area contributed by atoms with Crippen molar-refractivity contribution in [1.29, 1.82) is 0 Å². The Labute approximate surface area is 109 Å².